The van der Waals surface area contributed by atoms with Gasteiger partial charge in [0.1, 0.15) is 11.8 Å². The van der Waals surface area contributed by atoms with E-state index < -0.39 is 6.04 Å². The topological polar surface area (TPSA) is 58.6 Å². The van der Waals surface area contributed by atoms with Gasteiger partial charge in [-0.2, -0.15) is 0 Å². The number of ether oxygens (including phenoxy) is 1. The molecule has 1 N–H and O–H groups in total. The van der Waals surface area contributed by atoms with Crippen LogP contribution < -0.4 is 10.1 Å². The highest BCUT2D eigenvalue weighted by molar-refractivity contribution is 9.10. The zero-order chi connectivity index (χ0) is 26.1. The van der Waals surface area contributed by atoms with Gasteiger partial charge in [-0.3, -0.25) is 9.59 Å². The van der Waals surface area contributed by atoms with Gasteiger partial charge in [0.2, 0.25) is 5.91 Å². The zero-order valence-corrected chi connectivity index (χ0v) is 23.0. The SMILES string of the molecule is CCc1ccc(OCC(=O)N(Cc2ccc(C)cc2)[C@@H](Cc2ccccc2)C(=O)NC(C)C)c(Br)c1. The predicted octanol–water partition coefficient (Wildman–Crippen LogP) is 5.86. The number of hydrogen-bond donors (Lipinski definition) is 1. The molecule has 6 heteroatoms. The molecule has 5 nitrogen and oxygen atoms in total. The van der Waals surface area contributed by atoms with E-state index >= 15 is 0 Å². The van der Waals surface area contributed by atoms with Crippen LogP contribution in [0.15, 0.2) is 77.3 Å². The van der Waals surface area contributed by atoms with E-state index in [1.54, 1.807) is 4.90 Å². The van der Waals surface area contributed by atoms with Crippen LogP contribution in [0.4, 0.5) is 0 Å². The summed E-state index contributed by atoms with van der Waals surface area (Å²) in [5.41, 5.74) is 4.26. The van der Waals surface area contributed by atoms with Crippen LogP contribution in [0.3, 0.4) is 0 Å². The summed E-state index contributed by atoms with van der Waals surface area (Å²) in [7, 11) is 0. The highest BCUT2D eigenvalue weighted by Crippen LogP contribution is 2.26. The Morgan fingerprint density at radius 3 is 2.22 bits per heavy atom. The minimum Gasteiger partial charge on any atom is -0.483 e. The Hall–Kier alpha value is -3.12. The molecule has 36 heavy (non-hydrogen) atoms. The lowest BCUT2D eigenvalue weighted by molar-refractivity contribution is -0.143. The van der Waals surface area contributed by atoms with Crippen molar-refractivity contribution >= 4 is 27.7 Å². The van der Waals surface area contributed by atoms with E-state index in [4.69, 9.17) is 4.74 Å². The minimum atomic E-state index is -0.682. The summed E-state index contributed by atoms with van der Waals surface area (Å²) in [5.74, 6) is 0.173. The normalized spacial score (nSPS) is 11.7. The van der Waals surface area contributed by atoms with E-state index in [1.165, 1.54) is 5.56 Å². The van der Waals surface area contributed by atoms with Crippen LogP contribution in [0.1, 0.15) is 43.0 Å². The highest BCUT2D eigenvalue weighted by atomic mass is 79.9. The summed E-state index contributed by atoms with van der Waals surface area (Å²) >= 11 is 3.55. The lowest BCUT2D eigenvalue weighted by Gasteiger charge is -2.32. The van der Waals surface area contributed by atoms with Crippen molar-refractivity contribution in [1.29, 1.82) is 0 Å². The van der Waals surface area contributed by atoms with E-state index in [9.17, 15) is 9.59 Å². The Kier molecular flexibility index (Phi) is 10.1. The molecule has 0 radical (unpaired) electrons. The Morgan fingerprint density at radius 1 is 0.944 bits per heavy atom. The first-order chi connectivity index (χ1) is 17.3. The van der Waals surface area contributed by atoms with Crippen molar-refractivity contribution < 1.29 is 14.3 Å². The minimum absolute atomic E-state index is 0.0450. The van der Waals surface area contributed by atoms with Crippen molar-refractivity contribution in [2.45, 2.75) is 59.2 Å². The van der Waals surface area contributed by atoms with Crippen molar-refractivity contribution in [3.05, 3.63) is 99.5 Å². The van der Waals surface area contributed by atoms with Gasteiger partial charge in [0.15, 0.2) is 6.61 Å². The molecule has 1 atom stereocenters. The Bertz CT molecular complexity index is 1150. The summed E-state index contributed by atoms with van der Waals surface area (Å²) in [6, 6.07) is 22.9. The molecule has 2 amide bonds. The molecule has 3 aromatic carbocycles. The van der Waals surface area contributed by atoms with Crippen LogP contribution in [0.2, 0.25) is 0 Å². The molecule has 0 saturated heterocycles. The number of carbonyl (C=O) groups excluding carboxylic acids is 2. The summed E-state index contributed by atoms with van der Waals surface area (Å²) in [6.45, 7) is 8.09. The molecule has 0 aliphatic carbocycles. The van der Waals surface area contributed by atoms with Crippen LogP contribution in [0.5, 0.6) is 5.75 Å². The van der Waals surface area contributed by atoms with E-state index in [0.29, 0.717) is 18.7 Å². The first-order valence-corrected chi connectivity index (χ1v) is 13.2. The standard InChI is InChI=1S/C30H35BrN2O3/c1-5-23-15-16-28(26(31)17-23)36-20-29(34)33(19-25-13-11-22(4)12-14-25)27(30(35)32-21(2)3)18-24-9-7-6-8-10-24/h6-17,21,27H,5,18-20H2,1-4H3,(H,32,35)/t27-/m0/s1. The second-order valence-electron chi connectivity index (χ2n) is 9.28. The molecule has 3 rings (SSSR count). The predicted molar refractivity (Wildman–Crippen MR) is 148 cm³/mol. The summed E-state index contributed by atoms with van der Waals surface area (Å²) in [5, 5.41) is 3.01. The Balaban J connectivity index is 1.90. The lowest BCUT2D eigenvalue weighted by atomic mass is 10.0. The highest BCUT2D eigenvalue weighted by Gasteiger charge is 2.31. The van der Waals surface area contributed by atoms with Crippen molar-refractivity contribution in [2.24, 2.45) is 0 Å². The van der Waals surface area contributed by atoms with Gasteiger partial charge in [-0.1, -0.05) is 73.2 Å². The van der Waals surface area contributed by atoms with Crippen LogP contribution in [0.25, 0.3) is 0 Å². The summed E-state index contributed by atoms with van der Waals surface area (Å²) in [6.07, 6.45) is 1.32. The first kappa shape index (κ1) is 27.5. The second kappa shape index (κ2) is 13.3. The molecule has 0 saturated carbocycles. The Labute approximate surface area is 223 Å². The average Bonchev–Trinajstić information content (AvgIpc) is 2.86. The zero-order valence-electron chi connectivity index (χ0n) is 21.5. The number of halogens is 1. The van der Waals surface area contributed by atoms with Gasteiger partial charge in [0.05, 0.1) is 4.47 Å². The first-order valence-electron chi connectivity index (χ1n) is 12.4. The molecule has 190 valence electrons. The van der Waals surface area contributed by atoms with Gasteiger partial charge < -0.3 is 15.0 Å². The third-order valence-electron chi connectivity index (χ3n) is 5.93. The number of benzene rings is 3. The summed E-state index contributed by atoms with van der Waals surface area (Å²) in [4.78, 5) is 28.7. The number of carbonyl (C=O) groups is 2. The Morgan fingerprint density at radius 2 is 1.61 bits per heavy atom. The van der Waals surface area contributed by atoms with Gasteiger partial charge in [-0.25, -0.2) is 0 Å². The fraction of sp³-hybridized carbons (Fsp3) is 0.333. The van der Waals surface area contributed by atoms with Crippen LogP contribution in [-0.2, 0) is 29.0 Å². The van der Waals surface area contributed by atoms with Gasteiger partial charge in [-0.05, 0) is 71.9 Å². The maximum atomic E-state index is 13.6. The number of aryl methyl sites for hydroxylation is 2. The van der Waals surface area contributed by atoms with Crippen molar-refractivity contribution in [3.8, 4) is 5.75 Å². The number of nitrogens with zero attached hydrogens (tertiary/aromatic N) is 1. The van der Waals surface area contributed by atoms with Gasteiger partial charge in [0, 0.05) is 19.0 Å². The third kappa shape index (κ3) is 7.95. The van der Waals surface area contributed by atoms with Crippen molar-refractivity contribution in [3.63, 3.8) is 0 Å². The molecule has 0 heterocycles. The molecule has 0 aliphatic heterocycles. The number of rotatable bonds is 11. The fourth-order valence-electron chi connectivity index (χ4n) is 3.93. The van der Waals surface area contributed by atoms with Gasteiger partial charge >= 0.3 is 0 Å². The van der Waals surface area contributed by atoms with E-state index in [1.807, 2.05) is 93.6 Å². The van der Waals surface area contributed by atoms with Crippen LogP contribution >= 0.6 is 15.9 Å². The van der Waals surface area contributed by atoms with Crippen molar-refractivity contribution in [1.82, 2.24) is 10.2 Å². The van der Waals surface area contributed by atoms with Gasteiger partial charge in [-0.15, -0.1) is 0 Å². The second-order valence-corrected chi connectivity index (χ2v) is 10.1. The van der Waals surface area contributed by atoms with Crippen molar-refractivity contribution in [2.75, 3.05) is 6.61 Å². The van der Waals surface area contributed by atoms with Crippen LogP contribution in [-0.4, -0.2) is 35.4 Å². The monoisotopic (exact) mass is 550 g/mol. The number of amides is 2. The fourth-order valence-corrected chi connectivity index (χ4v) is 4.47. The maximum Gasteiger partial charge on any atom is 0.261 e. The average molecular weight is 552 g/mol. The molecule has 0 bridgehead atoms. The largest absolute Gasteiger partial charge is 0.483 e. The molecular weight excluding hydrogens is 516 g/mol. The molecule has 0 unspecified atom stereocenters. The smallest absolute Gasteiger partial charge is 0.261 e. The molecule has 0 fully saturated rings. The van der Waals surface area contributed by atoms with Crippen LogP contribution in [0, 0.1) is 6.92 Å². The maximum absolute atomic E-state index is 13.6. The number of nitrogens with one attached hydrogen (secondary N) is 1. The van der Waals surface area contributed by atoms with E-state index in [2.05, 4.69) is 28.2 Å². The molecule has 0 aliphatic rings. The number of hydrogen-bond acceptors (Lipinski definition) is 3. The van der Waals surface area contributed by atoms with Gasteiger partial charge in [0.25, 0.3) is 5.91 Å². The van der Waals surface area contributed by atoms with E-state index in [0.717, 1.165) is 27.6 Å². The lowest BCUT2D eigenvalue weighted by Crippen LogP contribution is -2.52. The molecule has 0 spiro atoms. The summed E-state index contributed by atoms with van der Waals surface area (Å²) < 4.78 is 6.73. The van der Waals surface area contributed by atoms with E-state index in [-0.39, 0.29) is 24.5 Å². The quantitative estimate of drug-likeness (QED) is 0.325. The molecule has 3 aromatic rings. The third-order valence-corrected chi connectivity index (χ3v) is 6.55. The molecular formula is C30H35BrN2O3. The molecule has 0 aromatic heterocycles.